The lowest BCUT2D eigenvalue weighted by molar-refractivity contribution is -0.140. The van der Waals surface area contributed by atoms with Gasteiger partial charge in [0.25, 0.3) is 10.0 Å². The zero-order chi connectivity index (χ0) is 22.3. The van der Waals surface area contributed by atoms with Crippen LogP contribution in [0.15, 0.2) is 41.3 Å². The van der Waals surface area contributed by atoms with Crippen LogP contribution in [-0.4, -0.2) is 25.1 Å². The fraction of sp³-hybridized carbons (Fsp3) is 0.391. The molecule has 2 unspecified atom stereocenters. The maximum Gasteiger partial charge on any atom is 0.262 e. The second-order valence-electron chi connectivity index (χ2n) is 8.45. The first kappa shape index (κ1) is 21.8. The van der Waals surface area contributed by atoms with E-state index in [4.69, 9.17) is 11.6 Å². The third-order valence-electron chi connectivity index (χ3n) is 6.18. The number of halogens is 1. The molecular formula is C23H25ClN2O4S. The molecule has 1 aliphatic carbocycles. The number of amides is 2. The molecule has 2 atom stereocenters. The Balaban J connectivity index is 1.60. The number of nitrogens with zero attached hydrogens (tertiary/aromatic N) is 1. The molecular weight excluding hydrogens is 436 g/mol. The average molecular weight is 461 g/mol. The topological polar surface area (TPSA) is 83.6 Å². The number of hydrogen-bond donors (Lipinski definition) is 1. The highest BCUT2D eigenvalue weighted by Crippen LogP contribution is 2.38. The van der Waals surface area contributed by atoms with Crippen LogP contribution in [-0.2, 0) is 26.2 Å². The summed E-state index contributed by atoms with van der Waals surface area (Å²) in [5, 5.41) is 0.313. The summed E-state index contributed by atoms with van der Waals surface area (Å²) in [6.07, 6.45) is 3.43. The van der Waals surface area contributed by atoms with Crippen molar-refractivity contribution < 1.29 is 18.0 Å². The van der Waals surface area contributed by atoms with Crippen molar-refractivity contribution in [1.29, 1.82) is 0 Å². The molecule has 164 valence electrons. The smallest absolute Gasteiger partial charge is 0.262 e. The van der Waals surface area contributed by atoms with Crippen molar-refractivity contribution in [1.82, 2.24) is 4.90 Å². The van der Waals surface area contributed by atoms with Crippen LogP contribution < -0.4 is 4.72 Å². The highest BCUT2D eigenvalue weighted by Gasteiger charge is 2.47. The molecule has 1 saturated heterocycles. The van der Waals surface area contributed by atoms with Crippen LogP contribution in [0.1, 0.15) is 42.4 Å². The molecule has 2 fully saturated rings. The molecule has 0 bridgehead atoms. The van der Waals surface area contributed by atoms with Gasteiger partial charge in [0.15, 0.2) is 0 Å². The quantitative estimate of drug-likeness (QED) is 0.669. The minimum absolute atomic E-state index is 0.0821. The molecule has 2 aromatic carbocycles. The summed E-state index contributed by atoms with van der Waals surface area (Å²) in [5.74, 6) is -0.714. The number of benzene rings is 2. The van der Waals surface area contributed by atoms with Gasteiger partial charge in [0.05, 0.1) is 34.0 Å². The number of imide groups is 1. The highest BCUT2D eigenvalue weighted by atomic mass is 35.5. The van der Waals surface area contributed by atoms with E-state index in [9.17, 15) is 18.0 Å². The number of likely N-dealkylation sites (tertiary alicyclic amines) is 1. The number of carbonyl (C=O) groups is 2. The van der Waals surface area contributed by atoms with Gasteiger partial charge in [-0.3, -0.25) is 19.2 Å². The molecule has 0 aromatic heterocycles. The van der Waals surface area contributed by atoms with Crippen LogP contribution in [0.5, 0.6) is 0 Å². The normalized spacial score (nSPS) is 21.3. The summed E-state index contributed by atoms with van der Waals surface area (Å²) >= 11 is 6.19. The van der Waals surface area contributed by atoms with Gasteiger partial charge in [-0.25, -0.2) is 8.42 Å². The van der Waals surface area contributed by atoms with E-state index < -0.39 is 10.0 Å². The number of sulfonamides is 1. The number of fused-ring (bicyclic) bond motifs is 1. The summed E-state index contributed by atoms with van der Waals surface area (Å²) < 4.78 is 28.7. The zero-order valence-electron chi connectivity index (χ0n) is 17.5. The minimum atomic E-state index is -3.91. The van der Waals surface area contributed by atoms with Gasteiger partial charge in [-0.15, -0.1) is 0 Å². The van der Waals surface area contributed by atoms with Crippen molar-refractivity contribution in [2.45, 2.75) is 51.0 Å². The fourth-order valence-electron chi connectivity index (χ4n) is 4.50. The molecule has 2 aromatic rings. The summed E-state index contributed by atoms with van der Waals surface area (Å²) in [6.45, 7) is 3.66. The van der Waals surface area contributed by atoms with Crippen molar-refractivity contribution >= 4 is 39.1 Å². The van der Waals surface area contributed by atoms with E-state index in [-0.39, 0.29) is 35.1 Å². The van der Waals surface area contributed by atoms with E-state index in [0.29, 0.717) is 21.8 Å². The molecule has 1 N–H and O–H groups in total. The SMILES string of the molecule is Cc1ccc(NS(=O)(=O)c2cc(CN3C(=O)C4CCCCC4C3=O)ccc2C)c(Cl)c1. The Morgan fingerprint density at radius 1 is 1.00 bits per heavy atom. The fourth-order valence-corrected chi connectivity index (χ4v) is 6.22. The summed E-state index contributed by atoms with van der Waals surface area (Å²) in [4.78, 5) is 26.9. The Morgan fingerprint density at radius 2 is 1.65 bits per heavy atom. The minimum Gasteiger partial charge on any atom is -0.278 e. The van der Waals surface area contributed by atoms with Gasteiger partial charge in [0.2, 0.25) is 11.8 Å². The molecule has 0 radical (unpaired) electrons. The summed E-state index contributed by atoms with van der Waals surface area (Å²) in [6, 6.07) is 10.1. The van der Waals surface area contributed by atoms with Crippen LogP contribution in [0.4, 0.5) is 5.69 Å². The standard InChI is InChI=1S/C23H25ClN2O4S/c1-14-7-10-20(19(24)11-14)25-31(29,30)21-12-16(9-8-15(21)2)13-26-22(27)17-5-3-4-6-18(17)23(26)28/h7-12,17-18,25H,3-6,13H2,1-2H3. The van der Waals surface area contributed by atoms with E-state index in [1.165, 1.54) is 11.0 Å². The Labute approximate surface area is 187 Å². The third-order valence-corrected chi connectivity index (χ3v) is 8.00. The van der Waals surface area contributed by atoms with Crippen molar-refractivity contribution in [3.8, 4) is 0 Å². The number of rotatable bonds is 5. The van der Waals surface area contributed by atoms with Crippen LogP contribution in [0.3, 0.4) is 0 Å². The molecule has 6 nitrogen and oxygen atoms in total. The van der Waals surface area contributed by atoms with Gasteiger partial charge in [0.1, 0.15) is 0 Å². The summed E-state index contributed by atoms with van der Waals surface area (Å²) in [7, 11) is -3.91. The molecule has 1 saturated carbocycles. The first-order valence-corrected chi connectivity index (χ1v) is 12.3. The lowest BCUT2D eigenvalue weighted by atomic mass is 9.81. The Hall–Kier alpha value is -2.38. The molecule has 0 spiro atoms. The monoisotopic (exact) mass is 460 g/mol. The summed E-state index contributed by atoms with van der Waals surface area (Å²) in [5.41, 5.74) is 2.38. The highest BCUT2D eigenvalue weighted by molar-refractivity contribution is 7.92. The first-order chi connectivity index (χ1) is 14.7. The van der Waals surface area contributed by atoms with E-state index in [2.05, 4.69) is 4.72 Å². The number of nitrogens with one attached hydrogen (secondary N) is 1. The number of carbonyl (C=O) groups excluding carboxylic acids is 2. The number of anilines is 1. The van der Waals surface area contributed by atoms with Crippen molar-refractivity contribution in [3.05, 3.63) is 58.1 Å². The Morgan fingerprint density at radius 3 is 2.26 bits per heavy atom. The molecule has 31 heavy (non-hydrogen) atoms. The second-order valence-corrected chi connectivity index (χ2v) is 10.5. The maximum absolute atomic E-state index is 13.1. The van der Waals surface area contributed by atoms with E-state index >= 15 is 0 Å². The van der Waals surface area contributed by atoms with Crippen LogP contribution in [0.25, 0.3) is 0 Å². The van der Waals surface area contributed by atoms with Gasteiger partial charge in [-0.1, -0.05) is 42.6 Å². The largest absolute Gasteiger partial charge is 0.278 e. The molecule has 1 aliphatic heterocycles. The van der Waals surface area contributed by atoms with Gasteiger partial charge in [0, 0.05) is 0 Å². The molecule has 1 heterocycles. The van der Waals surface area contributed by atoms with Gasteiger partial charge in [-0.2, -0.15) is 0 Å². The zero-order valence-corrected chi connectivity index (χ0v) is 19.1. The predicted molar refractivity (Wildman–Crippen MR) is 119 cm³/mol. The van der Waals surface area contributed by atoms with Crippen LogP contribution >= 0.6 is 11.6 Å². The first-order valence-electron chi connectivity index (χ1n) is 10.4. The third kappa shape index (κ3) is 4.21. The maximum atomic E-state index is 13.1. The van der Waals surface area contributed by atoms with Crippen LogP contribution in [0, 0.1) is 25.7 Å². The number of hydrogen-bond acceptors (Lipinski definition) is 4. The number of aryl methyl sites for hydroxylation is 2. The molecule has 2 amide bonds. The van der Waals surface area contributed by atoms with Gasteiger partial charge in [-0.05, 0) is 61.6 Å². The molecule has 2 aliphatic rings. The van der Waals surface area contributed by atoms with E-state index in [1.807, 2.05) is 6.92 Å². The average Bonchev–Trinajstić information content (AvgIpc) is 2.96. The van der Waals surface area contributed by atoms with Crippen molar-refractivity contribution in [2.24, 2.45) is 11.8 Å². The predicted octanol–water partition coefficient (Wildman–Crippen LogP) is 4.43. The lowest BCUT2D eigenvalue weighted by Gasteiger charge is -2.19. The van der Waals surface area contributed by atoms with Crippen molar-refractivity contribution in [2.75, 3.05) is 4.72 Å². The molecule has 8 heteroatoms. The second kappa shape index (κ2) is 8.28. The van der Waals surface area contributed by atoms with Gasteiger partial charge >= 0.3 is 0 Å². The van der Waals surface area contributed by atoms with E-state index in [1.54, 1.807) is 37.3 Å². The Kier molecular flexibility index (Phi) is 5.83. The lowest BCUT2D eigenvalue weighted by Crippen LogP contribution is -2.30. The van der Waals surface area contributed by atoms with Gasteiger partial charge < -0.3 is 0 Å². The molecule has 4 rings (SSSR count). The van der Waals surface area contributed by atoms with Crippen LogP contribution in [0.2, 0.25) is 5.02 Å². The van der Waals surface area contributed by atoms with Crippen molar-refractivity contribution in [3.63, 3.8) is 0 Å². The Bertz CT molecular complexity index is 1140. The van der Waals surface area contributed by atoms with E-state index in [0.717, 1.165) is 31.2 Å².